The standard InChI is InChI=1S/C40H46N2O8/c1-41-11-9-23-17-30(44-3)31(45-4)20-26(23)28(41)13-22-14-35(48-7)40(49-8)36(15-22)50-33-19-25-16-29-37-24(10-12-42(29)2)18-34(47-6)39(43)38(37)27(25)21-32(33)46-5/h14-15,17-21,28-29,43H,9-13,16H2,1-8H3/t28-,29+/m1/s1. The van der Waals surface area contributed by atoms with Gasteiger partial charge < -0.3 is 38.3 Å². The first-order valence-electron chi connectivity index (χ1n) is 16.9. The van der Waals surface area contributed by atoms with Crippen LogP contribution in [0.2, 0.25) is 0 Å². The van der Waals surface area contributed by atoms with Gasteiger partial charge in [-0.15, -0.1) is 0 Å². The van der Waals surface area contributed by atoms with Crippen LogP contribution in [0.3, 0.4) is 0 Å². The predicted octanol–water partition coefficient (Wildman–Crippen LogP) is 6.76. The van der Waals surface area contributed by atoms with Gasteiger partial charge in [0, 0.05) is 30.7 Å². The van der Waals surface area contributed by atoms with Gasteiger partial charge in [0.15, 0.2) is 46.0 Å². The van der Waals surface area contributed by atoms with Crippen molar-refractivity contribution >= 4 is 0 Å². The molecule has 7 rings (SSSR count). The largest absolute Gasteiger partial charge is 0.504 e. The molecule has 2 atom stereocenters. The van der Waals surface area contributed by atoms with Gasteiger partial charge in [0.05, 0.1) is 42.7 Å². The fraction of sp³-hybridized carbons (Fsp3) is 0.400. The Labute approximate surface area is 294 Å². The first kappa shape index (κ1) is 33.7. The summed E-state index contributed by atoms with van der Waals surface area (Å²) in [7, 11) is 14.1. The number of hydrogen-bond acceptors (Lipinski definition) is 10. The fourth-order valence-electron chi connectivity index (χ4n) is 8.05. The summed E-state index contributed by atoms with van der Waals surface area (Å²) in [6, 6.07) is 14.4. The lowest BCUT2D eigenvalue weighted by atomic mass is 9.76. The number of rotatable bonds is 10. The Balaban J connectivity index is 1.30. The highest BCUT2D eigenvalue weighted by atomic mass is 16.5. The van der Waals surface area contributed by atoms with E-state index in [1.165, 1.54) is 16.7 Å². The molecule has 0 radical (unpaired) electrons. The zero-order valence-electron chi connectivity index (χ0n) is 30.1. The molecule has 0 spiro atoms. The first-order chi connectivity index (χ1) is 24.2. The minimum absolute atomic E-state index is 0.0879. The minimum Gasteiger partial charge on any atom is -0.504 e. The molecular formula is C40H46N2O8. The predicted molar refractivity (Wildman–Crippen MR) is 191 cm³/mol. The number of nitrogens with zero attached hydrogens (tertiary/aromatic N) is 2. The van der Waals surface area contributed by atoms with Crippen LogP contribution in [0.15, 0.2) is 42.5 Å². The number of aromatic hydroxyl groups is 1. The van der Waals surface area contributed by atoms with Crippen LogP contribution in [-0.4, -0.2) is 84.7 Å². The summed E-state index contributed by atoms with van der Waals surface area (Å²) in [4.78, 5) is 4.73. The van der Waals surface area contributed by atoms with E-state index in [0.29, 0.717) is 46.7 Å². The van der Waals surface area contributed by atoms with E-state index in [1.807, 2.05) is 30.3 Å². The van der Waals surface area contributed by atoms with Gasteiger partial charge in [0.1, 0.15) is 0 Å². The molecule has 50 heavy (non-hydrogen) atoms. The van der Waals surface area contributed by atoms with Crippen molar-refractivity contribution in [2.45, 2.75) is 37.8 Å². The van der Waals surface area contributed by atoms with Crippen LogP contribution in [0.1, 0.15) is 45.5 Å². The van der Waals surface area contributed by atoms with E-state index in [-0.39, 0.29) is 17.8 Å². The van der Waals surface area contributed by atoms with Crippen LogP contribution in [-0.2, 0) is 25.7 Å². The Kier molecular flexibility index (Phi) is 9.09. The molecule has 2 heterocycles. The molecule has 264 valence electrons. The second-order valence-corrected chi connectivity index (χ2v) is 13.3. The van der Waals surface area contributed by atoms with Crippen molar-refractivity contribution in [3.8, 4) is 62.9 Å². The quantitative estimate of drug-likeness (QED) is 0.194. The van der Waals surface area contributed by atoms with Gasteiger partial charge in [-0.3, -0.25) is 9.80 Å². The van der Waals surface area contributed by atoms with Gasteiger partial charge >= 0.3 is 0 Å². The Morgan fingerprint density at radius 3 is 1.92 bits per heavy atom. The second kappa shape index (κ2) is 13.5. The number of likely N-dealkylation sites (N-methyl/N-ethyl adjacent to an activating group) is 2. The SMILES string of the molecule is COc1cc2c(cc1OC)[C@@H](Cc1cc(OC)c(OC)c(Oc3cc4c(cc3OC)-c3c(O)c(OC)cc5c3[C@H](C4)N(C)CC5)c1)N(C)CC2. The molecule has 0 saturated carbocycles. The van der Waals surface area contributed by atoms with E-state index < -0.39 is 0 Å². The molecule has 0 amide bonds. The Morgan fingerprint density at radius 2 is 1.22 bits per heavy atom. The van der Waals surface area contributed by atoms with Crippen molar-refractivity contribution < 1.29 is 38.3 Å². The molecule has 3 aliphatic rings. The summed E-state index contributed by atoms with van der Waals surface area (Å²) in [5.41, 5.74) is 8.62. The monoisotopic (exact) mass is 682 g/mol. The van der Waals surface area contributed by atoms with Crippen LogP contribution in [0.4, 0.5) is 0 Å². The van der Waals surface area contributed by atoms with Gasteiger partial charge in [-0.05, 0) is 121 Å². The number of benzene rings is 4. The number of fused-ring (bicyclic) bond motifs is 3. The fourth-order valence-corrected chi connectivity index (χ4v) is 8.05. The van der Waals surface area contributed by atoms with Crippen LogP contribution in [0.5, 0.6) is 51.7 Å². The number of ether oxygens (including phenoxy) is 7. The highest BCUT2D eigenvalue weighted by Gasteiger charge is 2.37. The summed E-state index contributed by atoms with van der Waals surface area (Å²) in [6.07, 6.45) is 3.28. The first-order valence-corrected chi connectivity index (χ1v) is 16.9. The number of phenols is 1. The average Bonchev–Trinajstić information content (AvgIpc) is 3.13. The van der Waals surface area contributed by atoms with Crippen LogP contribution in [0.25, 0.3) is 11.1 Å². The highest BCUT2D eigenvalue weighted by Crippen LogP contribution is 2.54. The Bertz CT molecular complexity index is 1940. The van der Waals surface area contributed by atoms with E-state index in [0.717, 1.165) is 65.9 Å². The maximum absolute atomic E-state index is 11.5. The van der Waals surface area contributed by atoms with E-state index in [4.69, 9.17) is 33.2 Å². The number of hydrogen-bond donors (Lipinski definition) is 1. The van der Waals surface area contributed by atoms with E-state index in [2.05, 4.69) is 36.0 Å². The molecular weight excluding hydrogens is 636 g/mol. The molecule has 1 N–H and O–H groups in total. The minimum atomic E-state index is 0.0879. The third kappa shape index (κ3) is 5.60. The summed E-state index contributed by atoms with van der Waals surface area (Å²) in [5, 5.41) is 11.5. The van der Waals surface area contributed by atoms with Gasteiger partial charge in [-0.2, -0.15) is 0 Å². The average molecular weight is 683 g/mol. The molecule has 0 saturated heterocycles. The Morgan fingerprint density at radius 1 is 0.620 bits per heavy atom. The molecule has 10 heteroatoms. The second-order valence-electron chi connectivity index (χ2n) is 13.3. The normalized spacial score (nSPS) is 18.0. The van der Waals surface area contributed by atoms with Crippen molar-refractivity contribution in [1.82, 2.24) is 9.80 Å². The van der Waals surface area contributed by atoms with Crippen molar-refractivity contribution in [3.63, 3.8) is 0 Å². The van der Waals surface area contributed by atoms with E-state index in [1.54, 1.807) is 42.7 Å². The molecule has 0 bridgehead atoms. The molecule has 4 aromatic rings. The zero-order valence-corrected chi connectivity index (χ0v) is 30.1. The van der Waals surface area contributed by atoms with Crippen molar-refractivity contribution in [2.75, 3.05) is 69.8 Å². The Hall–Kier alpha value is -4.80. The summed E-state index contributed by atoms with van der Waals surface area (Å²) in [5.74, 6) is 4.75. The number of methoxy groups -OCH3 is 6. The lowest BCUT2D eigenvalue weighted by Crippen LogP contribution is -2.35. The third-order valence-corrected chi connectivity index (χ3v) is 10.7. The van der Waals surface area contributed by atoms with Gasteiger partial charge in [0.2, 0.25) is 5.75 Å². The highest BCUT2D eigenvalue weighted by molar-refractivity contribution is 5.85. The van der Waals surface area contributed by atoms with Gasteiger partial charge in [-0.1, -0.05) is 0 Å². The van der Waals surface area contributed by atoms with Crippen LogP contribution in [0, 0.1) is 0 Å². The van der Waals surface area contributed by atoms with E-state index in [9.17, 15) is 5.11 Å². The lowest BCUT2D eigenvalue weighted by Gasteiger charge is -2.40. The number of phenolic OH excluding ortho intramolecular Hbond substituents is 1. The molecule has 2 aliphatic heterocycles. The maximum Gasteiger partial charge on any atom is 0.203 e. The van der Waals surface area contributed by atoms with Crippen LogP contribution >= 0.6 is 0 Å². The van der Waals surface area contributed by atoms with E-state index >= 15 is 0 Å². The topological polar surface area (TPSA) is 91.3 Å². The molecule has 0 unspecified atom stereocenters. The molecule has 10 nitrogen and oxygen atoms in total. The summed E-state index contributed by atoms with van der Waals surface area (Å²) >= 11 is 0. The maximum atomic E-state index is 11.5. The van der Waals surface area contributed by atoms with Crippen LogP contribution < -0.4 is 33.2 Å². The smallest absolute Gasteiger partial charge is 0.203 e. The van der Waals surface area contributed by atoms with Gasteiger partial charge in [-0.25, -0.2) is 0 Å². The summed E-state index contributed by atoms with van der Waals surface area (Å²) < 4.78 is 41.3. The molecule has 1 aliphatic carbocycles. The lowest BCUT2D eigenvalue weighted by molar-refractivity contribution is 0.226. The molecule has 0 aromatic heterocycles. The molecule has 0 fully saturated rings. The summed E-state index contributed by atoms with van der Waals surface area (Å²) in [6.45, 7) is 1.84. The third-order valence-electron chi connectivity index (χ3n) is 10.7. The van der Waals surface area contributed by atoms with Crippen molar-refractivity contribution in [1.29, 1.82) is 0 Å². The van der Waals surface area contributed by atoms with Crippen molar-refractivity contribution in [2.24, 2.45) is 0 Å². The van der Waals surface area contributed by atoms with Crippen molar-refractivity contribution in [3.05, 3.63) is 75.8 Å². The van der Waals surface area contributed by atoms with Gasteiger partial charge in [0.25, 0.3) is 0 Å². The molecule has 4 aromatic carbocycles. The zero-order chi connectivity index (χ0) is 35.3.